The molecule has 1 heterocycles. The summed E-state index contributed by atoms with van der Waals surface area (Å²) < 4.78 is 32.7. The van der Waals surface area contributed by atoms with Crippen molar-refractivity contribution >= 4 is 33.3 Å². The Morgan fingerprint density at radius 3 is 2.50 bits per heavy atom. The van der Waals surface area contributed by atoms with E-state index in [1.165, 1.54) is 7.11 Å². The van der Waals surface area contributed by atoms with Gasteiger partial charge in [0.2, 0.25) is 0 Å². The van der Waals surface area contributed by atoms with Gasteiger partial charge in [-0.25, -0.2) is 19.6 Å². The minimum atomic E-state index is -0.873. The Hall–Kier alpha value is -1.93. The van der Waals surface area contributed by atoms with Crippen LogP contribution in [0.15, 0.2) is 28.7 Å². The van der Waals surface area contributed by atoms with Gasteiger partial charge in [-0.05, 0) is 12.1 Å². The molecule has 106 valence electrons. The Morgan fingerprint density at radius 1 is 1.15 bits per heavy atom. The summed E-state index contributed by atoms with van der Waals surface area (Å²) in [7, 11) is 1.51. The predicted octanol–water partition coefficient (Wildman–Crippen LogP) is 3.16. The highest BCUT2D eigenvalue weighted by Gasteiger charge is 2.12. The number of methoxy groups -OCH3 is 1. The van der Waals surface area contributed by atoms with E-state index < -0.39 is 11.6 Å². The third kappa shape index (κ3) is 3.14. The van der Waals surface area contributed by atoms with Gasteiger partial charge in [-0.2, -0.15) is 0 Å². The minimum Gasteiger partial charge on any atom is -0.497 e. The normalized spacial score (nSPS) is 10.2. The van der Waals surface area contributed by atoms with Crippen molar-refractivity contribution in [3.05, 3.63) is 40.4 Å². The number of nitrogens with zero attached hydrogens (tertiary/aromatic N) is 1. The largest absolute Gasteiger partial charge is 0.497 e. The molecule has 1 aromatic heterocycles. The first kappa shape index (κ1) is 14.5. The number of rotatable bonds is 4. The summed E-state index contributed by atoms with van der Waals surface area (Å²) in [5.41, 5.74) is 2.58. The number of anilines is 3. The first-order valence-corrected chi connectivity index (χ1v) is 6.27. The first-order valence-electron chi connectivity index (χ1n) is 5.47. The van der Waals surface area contributed by atoms with E-state index in [0.717, 1.165) is 4.47 Å². The zero-order valence-corrected chi connectivity index (χ0v) is 12.0. The smallest absolute Gasteiger partial charge is 0.178 e. The maximum Gasteiger partial charge on any atom is 0.178 e. The van der Waals surface area contributed by atoms with Crippen LogP contribution < -0.4 is 21.3 Å². The molecule has 1 aromatic carbocycles. The van der Waals surface area contributed by atoms with Gasteiger partial charge in [0.05, 0.1) is 7.11 Å². The van der Waals surface area contributed by atoms with Crippen molar-refractivity contribution in [2.24, 2.45) is 5.84 Å². The first-order chi connectivity index (χ1) is 9.53. The molecule has 0 saturated carbocycles. The molecule has 0 atom stereocenters. The van der Waals surface area contributed by atoms with Gasteiger partial charge < -0.3 is 15.5 Å². The second kappa shape index (κ2) is 6.02. The minimum absolute atomic E-state index is 0.153. The number of halogens is 3. The Morgan fingerprint density at radius 2 is 1.85 bits per heavy atom. The van der Waals surface area contributed by atoms with E-state index in [-0.39, 0.29) is 11.6 Å². The lowest BCUT2D eigenvalue weighted by molar-refractivity contribution is 0.415. The van der Waals surface area contributed by atoms with Gasteiger partial charge in [0, 0.05) is 22.3 Å². The molecule has 2 aromatic rings. The zero-order valence-electron chi connectivity index (χ0n) is 10.4. The lowest BCUT2D eigenvalue weighted by atomic mass is 10.3. The van der Waals surface area contributed by atoms with Crippen molar-refractivity contribution < 1.29 is 13.5 Å². The van der Waals surface area contributed by atoms with Crippen LogP contribution in [-0.4, -0.2) is 12.1 Å². The van der Waals surface area contributed by atoms with Crippen LogP contribution >= 0.6 is 15.9 Å². The van der Waals surface area contributed by atoms with Crippen LogP contribution in [0.5, 0.6) is 5.75 Å². The molecule has 20 heavy (non-hydrogen) atoms. The topological polar surface area (TPSA) is 72.2 Å². The highest BCUT2D eigenvalue weighted by Crippen LogP contribution is 2.28. The van der Waals surface area contributed by atoms with Crippen molar-refractivity contribution in [2.45, 2.75) is 0 Å². The SMILES string of the molecule is COc1cc(Br)cc(Nc2nc(NN)c(F)cc2F)c1. The molecule has 2 rings (SSSR count). The van der Waals surface area contributed by atoms with Gasteiger partial charge in [-0.3, -0.25) is 0 Å². The van der Waals surface area contributed by atoms with Crippen molar-refractivity contribution in [3.63, 3.8) is 0 Å². The Balaban J connectivity index is 2.36. The zero-order chi connectivity index (χ0) is 14.7. The van der Waals surface area contributed by atoms with Crippen LogP contribution in [0.2, 0.25) is 0 Å². The van der Waals surface area contributed by atoms with Gasteiger partial charge in [0.1, 0.15) is 5.75 Å². The summed E-state index contributed by atoms with van der Waals surface area (Å²) in [5.74, 6) is 3.56. The number of nitrogens with two attached hydrogens (primary N) is 1. The Bertz CT molecular complexity index is 639. The van der Waals surface area contributed by atoms with E-state index in [4.69, 9.17) is 10.6 Å². The van der Waals surface area contributed by atoms with Crippen molar-refractivity contribution in [2.75, 3.05) is 17.9 Å². The highest BCUT2D eigenvalue weighted by atomic mass is 79.9. The van der Waals surface area contributed by atoms with E-state index in [1.54, 1.807) is 18.2 Å². The third-order valence-corrected chi connectivity index (χ3v) is 2.89. The van der Waals surface area contributed by atoms with Crippen LogP contribution in [0.3, 0.4) is 0 Å². The number of hydrogen-bond acceptors (Lipinski definition) is 5. The second-order valence-electron chi connectivity index (χ2n) is 3.80. The van der Waals surface area contributed by atoms with E-state index in [2.05, 4.69) is 31.7 Å². The molecule has 0 radical (unpaired) electrons. The summed E-state index contributed by atoms with van der Waals surface area (Å²) in [6, 6.07) is 5.78. The van der Waals surface area contributed by atoms with Gasteiger partial charge in [0.25, 0.3) is 0 Å². The summed E-state index contributed by atoms with van der Waals surface area (Å²) >= 11 is 3.30. The molecule has 0 fully saturated rings. The van der Waals surface area contributed by atoms with Gasteiger partial charge in [0.15, 0.2) is 23.3 Å². The van der Waals surface area contributed by atoms with Crippen LogP contribution in [0.25, 0.3) is 0 Å². The summed E-state index contributed by atoms with van der Waals surface area (Å²) in [6.07, 6.45) is 0. The van der Waals surface area contributed by atoms with E-state index in [9.17, 15) is 8.78 Å². The fourth-order valence-corrected chi connectivity index (χ4v) is 2.02. The summed E-state index contributed by atoms with van der Waals surface area (Å²) in [5, 5.41) is 2.73. The summed E-state index contributed by atoms with van der Waals surface area (Å²) in [6.45, 7) is 0. The quantitative estimate of drug-likeness (QED) is 0.587. The monoisotopic (exact) mass is 344 g/mol. The molecule has 8 heteroatoms. The molecule has 4 N–H and O–H groups in total. The number of ether oxygens (including phenoxy) is 1. The number of hydrogen-bond donors (Lipinski definition) is 3. The van der Waals surface area contributed by atoms with Gasteiger partial charge >= 0.3 is 0 Å². The van der Waals surface area contributed by atoms with E-state index >= 15 is 0 Å². The highest BCUT2D eigenvalue weighted by molar-refractivity contribution is 9.10. The van der Waals surface area contributed by atoms with Gasteiger partial charge in [-0.15, -0.1) is 0 Å². The molecule has 0 aliphatic heterocycles. The van der Waals surface area contributed by atoms with E-state index in [0.29, 0.717) is 17.5 Å². The van der Waals surface area contributed by atoms with E-state index in [1.807, 2.05) is 0 Å². The van der Waals surface area contributed by atoms with Crippen molar-refractivity contribution in [1.29, 1.82) is 0 Å². The molecule has 0 aliphatic rings. The molecular weight excluding hydrogens is 334 g/mol. The lowest BCUT2D eigenvalue weighted by Crippen LogP contribution is -2.12. The van der Waals surface area contributed by atoms with Gasteiger partial charge in [-0.1, -0.05) is 15.9 Å². The number of benzene rings is 1. The van der Waals surface area contributed by atoms with Crippen LogP contribution in [0.1, 0.15) is 0 Å². The molecule has 0 amide bonds. The maximum atomic E-state index is 13.7. The number of pyridine rings is 1. The summed E-state index contributed by atoms with van der Waals surface area (Å²) in [4.78, 5) is 3.72. The fraction of sp³-hybridized carbons (Fsp3) is 0.0833. The average Bonchev–Trinajstić information content (AvgIpc) is 2.41. The molecule has 0 bridgehead atoms. The fourth-order valence-electron chi connectivity index (χ4n) is 1.54. The van der Waals surface area contributed by atoms with Crippen LogP contribution in [-0.2, 0) is 0 Å². The van der Waals surface area contributed by atoms with Crippen molar-refractivity contribution in [3.8, 4) is 5.75 Å². The second-order valence-corrected chi connectivity index (χ2v) is 4.71. The molecule has 0 saturated heterocycles. The predicted molar refractivity (Wildman–Crippen MR) is 75.9 cm³/mol. The maximum absolute atomic E-state index is 13.7. The third-order valence-electron chi connectivity index (χ3n) is 2.44. The number of aromatic nitrogens is 1. The lowest BCUT2D eigenvalue weighted by Gasteiger charge is -2.11. The average molecular weight is 345 g/mol. The molecule has 5 nitrogen and oxygen atoms in total. The Labute approximate surface area is 122 Å². The van der Waals surface area contributed by atoms with Crippen molar-refractivity contribution in [1.82, 2.24) is 4.98 Å². The molecule has 0 spiro atoms. The Kier molecular flexibility index (Phi) is 4.35. The number of nitrogen functional groups attached to an aromatic ring is 1. The van der Waals surface area contributed by atoms with Crippen LogP contribution in [0, 0.1) is 11.6 Å². The number of hydrazine groups is 1. The molecule has 0 aliphatic carbocycles. The number of nitrogens with one attached hydrogen (secondary N) is 2. The molecular formula is C12H11BrF2N4O. The standard InChI is InChI=1S/C12H11BrF2N4O/c1-20-8-3-6(13)2-7(4-8)17-11-9(14)5-10(15)12(18-11)19-16/h2-5H,16H2,1H3,(H2,17,18,19). The molecule has 0 unspecified atom stereocenters. The van der Waals surface area contributed by atoms with Crippen LogP contribution in [0.4, 0.5) is 26.1 Å².